The lowest BCUT2D eigenvalue weighted by Gasteiger charge is -2.33. The first-order chi connectivity index (χ1) is 14.2. The topological polar surface area (TPSA) is 105 Å². The van der Waals surface area contributed by atoms with Crippen molar-refractivity contribution in [1.29, 1.82) is 0 Å². The number of nitrogens with zero attached hydrogens (tertiary/aromatic N) is 1. The Morgan fingerprint density at radius 1 is 1.30 bits per heavy atom. The summed E-state index contributed by atoms with van der Waals surface area (Å²) in [7, 11) is 0. The smallest absolute Gasteiger partial charge is 0.327 e. The molecule has 9 heteroatoms. The Morgan fingerprint density at radius 2 is 1.97 bits per heavy atom. The molecule has 1 atom stereocenters. The van der Waals surface area contributed by atoms with Crippen molar-refractivity contribution in [3.05, 3.63) is 34.9 Å². The maximum atomic E-state index is 12.8. The molecule has 0 radical (unpaired) electrons. The van der Waals surface area contributed by atoms with Crippen molar-refractivity contribution in [3.8, 4) is 0 Å². The molecule has 3 rings (SSSR count). The molecule has 2 fully saturated rings. The average Bonchev–Trinajstić information content (AvgIpc) is 2.93. The number of nitrogens with one attached hydrogen (secondary N) is 2. The van der Waals surface area contributed by atoms with Gasteiger partial charge in [0.1, 0.15) is 12.1 Å². The van der Waals surface area contributed by atoms with E-state index < -0.39 is 42.0 Å². The Labute approximate surface area is 180 Å². The third-order valence-corrected chi connectivity index (χ3v) is 6.12. The summed E-state index contributed by atoms with van der Waals surface area (Å²) in [4.78, 5) is 50.4. The third kappa shape index (κ3) is 4.75. The molecular weight excluding hydrogens is 410 g/mol. The summed E-state index contributed by atoms with van der Waals surface area (Å²) < 4.78 is 5.12. The van der Waals surface area contributed by atoms with Gasteiger partial charge in [-0.1, -0.05) is 36.7 Å². The van der Waals surface area contributed by atoms with Crippen molar-refractivity contribution >= 4 is 35.4 Å². The SMILES string of the molecule is CC1CCC2(CC1)NC(=O)N(CC(=O)OC(C)C(=O)NCc1ccccc1Cl)C2=O. The molecule has 2 N–H and O–H groups in total. The van der Waals surface area contributed by atoms with Gasteiger partial charge in [-0.05, 0) is 50.2 Å². The number of urea groups is 1. The highest BCUT2D eigenvalue weighted by atomic mass is 35.5. The van der Waals surface area contributed by atoms with Crippen LogP contribution in [0.25, 0.3) is 0 Å². The van der Waals surface area contributed by atoms with Crippen molar-refractivity contribution in [2.75, 3.05) is 6.54 Å². The Kier molecular flexibility index (Phi) is 6.65. The molecule has 1 aromatic rings. The fourth-order valence-corrected chi connectivity index (χ4v) is 4.00. The van der Waals surface area contributed by atoms with Crippen LogP contribution < -0.4 is 10.6 Å². The van der Waals surface area contributed by atoms with Crippen molar-refractivity contribution in [2.24, 2.45) is 5.92 Å². The molecule has 1 heterocycles. The first kappa shape index (κ1) is 22.1. The van der Waals surface area contributed by atoms with Crippen molar-refractivity contribution < 1.29 is 23.9 Å². The van der Waals surface area contributed by atoms with E-state index in [-0.39, 0.29) is 6.54 Å². The highest BCUT2D eigenvalue weighted by Gasteiger charge is 2.52. The zero-order valence-electron chi connectivity index (χ0n) is 17.1. The third-order valence-electron chi connectivity index (χ3n) is 5.75. The normalized spacial score (nSPS) is 24.5. The number of halogens is 1. The highest BCUT2D eigenvalue weighted by molar-refractivity contribution is 6.31. The van der Waals surface area contributed by atoms with Gasteiger partial charge in [-0.25, -0.2) is 4.79 Å². The number of hydrogen-bond acceptors (Lipinski definition) is 5. The molecule has 0 bridgehead atoms. The maximum Gasteiger partial charge on any atom is 0.327 e. The molecule has 1 saturated heterocycles. The van der Waals surface area contributed by atoms with Crippen LogP contribution in [0.4, 0.5) is 4.79 Å². The number of hydrogen-bond donors (Lipinski definition) is 2. The minimum atomic E-state index is -1.08. The number of esters is 1. The first-order valence-electron chi connectivity index (χ1n) is 10.1. The Hall–Kier alpha value is -2.61. The summed E-state index contributed by atoms with van der Waals surface area (Å²) in [5.74, 6) is -1.21. The van der Waals surface area contributed by atoms with Crippen molar-refractivity contribution in [1.82, 2.24) is 15.5 Å². The quantitative estimate of drug-likeness (QED) is 0.527. The van der Waals surface area contributed by atoms with Crippen LogP contribution in [0.3, 0.4) is 0 Å². The summed E-state index contributed by atoms with van der Waals surface area (Å²) in [5.41, 5.74) is -0.181. The van der Waals surface area contributed by atoms with E-state index in [0.717, 1.165) is 23.3 Å². The number of amides is 4. The monoisotopic (exact) mass is 435 g/mol. The van der Waals surface area contributed by atoms with Crippen LogP contribution in [0, 0.1) is 5.92 Å². The van der Waals surface area contributed by atoms with Crippen LogP contribution in [0.1, 0.15) is 45.1 Å². The lowest BCUT2D eigenvalue weighted by molar-refractivity contribution is -0.156. The number of benzene rings is 1. The fourth-order valence-electron chi connectivity index (χ4n) is 3.80. The second-order valence-electron chi connectivity index (χ2n) is 8.03. The summed E-state index contributed by atoms with van der Waals surface area (Å²) >= 11 is 6.05. The molecule has 1 spiro atoms. The van der Waals surface area contributed by atoms with E-state index >= 15 is 0 Å². The van der Waals surface area contributed by atoms with Crippen molar-refractivity contribution in [3.63, 3.8) is 0 Å². The van der Waals surface area contributed by atoms with E-state index in [1.807, 2.05) is 0 Å². The van der Waals surface area contributed by atoms with Crippen LogP contribution in [0.5, 0.6) is 0 Å². The second-order valence-corrected chi connectivity index (χ2v) is 8.43. The standard InChI is InChI=1S/C21H26ClN3O5/c1-13-7-9-21(10-8-13)19(28)25(20(29)24-21)12-17(26)30-14(2)18(27)23-11-15-5-3-4-6-16(15)22/h3-6,13-14H,7-12H2,1-2H3,(H,23,27)(H,24,29). The molecular formula is C21H26ClN3O5. The molecule has 8 nitrogen and oxygen atoms in total. The lowest BCUT2D eigenvalue weighted by atomic mass is 9.77. The molecule has 1 saturated carbocycles. The van der Waals surface area contributed by atoms with Crippen LogP contribution in [-0.4, -0.2) is 46.9 Å². The fraction of sp³-hybridized carbons (Fsp3) is 0.524. The van der Waals surface area contributed by atoms with Gasteiger partial charge in [-0.2, -0.15) is 0 Å². The predicted octanol–water partition coefficient (Wildman–Crippen LogP) is 2.39. The van der Waals surface area contributed by atoms with Gasteiger partial charge in [0.2, 0.25) is 0 Å². The Bertz CT molecular complexity index is 851. The van der Waals surface area contributed by atoms with Gasteiger partial charge in [-0.15, -0.1) is 0 Å². The Balaban J connectivity index is 1.51. The van der Waals surface area contributed by atoms with Gasteiger partial charge >= 0.3 is 12.0 Å². The highest BCUT2D eigenvalue weighted by Crippen LogP contribution is 2.36. The molecule has 4 amide bonds. The zero-order valence-corrected chi connectivity index (χ0v) is 17.8. The number of carbonyl (C=O) groups is 4. The molecule has 1 aliphatic carbocycles. The number of imide groups is 1. The molecule has 1 aliphatic heterocycles. The van der Waals surface area contributed by atoms with E-state index in [9.17, 15) is 19.2 Å². The van der Waals surface area contributed by atoms with Crippen LogP contribution in [0.15, 0.2) is 24.3 Å². The van der Waals surface area contributed by atoms with Crippen LogP contribution in [0.2, 0.25) is 5.02 Å². The van der Waals surface area contributed by atoms with E-state index in [4.69, 9.17) is 16.3 Å². The molecule has 0 aromatic heterocycles. The second kappa shape index (κ2) is 9.04. The average molecular weight is 436 g/mol. The predicted molar refractivity (Wildman–Crippen MR) is 109 cm³/mol. The summed E-state index contributed by atoms with van der Waals surface area (Å²) in [5, 5.41) is 5.92. The molecule has 30 heavy (non-hydrogen) atoms. The van der Waals surface area contributed by atoms with E-state index in [0.29, 0.717) is 23.8 Å². The van der Waals surface area contributed by atoms with Gasteiger partial charge in [-0.3, -0.25) is 19.3 Å². The summed E-state index contributed by atoms with van der Waals surface area (Å²) in [6, 6.07) is 6.48. The minimum absolute atomic E-state index is 0.189. The Morgan fingerprint density at radius 3 is 2.63 bits per heavy atom. The molecule has 1 unspecified atom stereocenters. The zero-order chi connectivity index (χ0) is 21.9. The number of rotatable bonds is 6. The van der Waals surface area contributed by atoms with Crippen LogP contribution in [-0.2, 0) is 25.7 Å². The lowest BCUT2D eigenvalue weighted by Crippen LogP contribution is -2.49. The number of carbonyl (C=O) groups excluding carboxylic acids is 4. The number of ether oxygens (including phenoxy) is 1. The van der Waals surface area contributed by atoms with Crippen molar-refractivity contribution in [2.45, 2.75) is 57.7 Å². The molecule has 162 valence electrons. The van der Waals surface area contributed by atoms with Gasteiger partial charge in [0.15, 0.2) is 6.10 Å². The van der Waals surface area contributed by atoms with E-state index in [1.165, 1.54) is 6.92 Å². The summed E-state index contributed by atoms with van der Waals surface area (Å²) in [6.45, 7) is 3.20. The van der Waals surface area contributed by atoms with Gasteiger partial charge in [0, 0.05) is 11.6 Å². The minimum Gasteiger partial charge on any atom is -0.451 e. The van der Waals surface area contributed by atoms with Crippen LogP contribution >= 0.6 is 11.6 Å². The van der Waals surface area contributed by atoms with Gasteiger partial charge < -0.3 is 15.4 Å². The molecule has 2 aliphatic rings. The van der Waals surface area contributed by atoms with Gasteiger partial charge in [0.05, 0.1) is 0 Å². The maximum absolute atomic E-state index is 12.8. The van der Waals surface area contributed by atoms with Gasteiger partial charge in [0.25, 0.3) is 11.8 Å². The van der Waals surface area contributed by atoms with E-state index in [1.54, 1.807) is 24.3 Å². The first-order valence-corrected chi connectivity index (χ1v) is 10.4. The summed E-state index contributed by atoms with van der Waals surface area (Å²) in [6.07, 6.45) is 1.72. The largest absolute Gasteiger partial charge is 0.451 e. The van der Waals surface area contributed by atoms with E-state index in [2.05, 4.69) is 17.6 Å². The molecule has 1 aromatic carbocycles.